The Morgan fingerprint density at radius 1 is 1.59 bits per heavy atom. The first kappa shape index (κ1) is 12.5. The maximum Gasteiger partial charge on any atom is 0.237 e. The van der Waals surface area contributed by atoms with Crippen LogP contribution in [0.2, 0.25) is 0 Å². The maximum absolute atomic E-state index is 11.9. The number of thiophene rings is 1. The van der Waals surface area contributed by atoms with Gasteiger partial charge in [0.25, 0.3) is 0 Å². The molecule has 1 atom stereocenters. The van der Waals surface area contributed by atoms with Crippen LogP contribution in [-0.4, -0.2) is 25.2 Å². The predicted octanol–water partition coefficient (Wildman–Crippen LogP) is 1.12. The van der Waals surface area contributed by atoms with Crippen molar-refractivity contribution in [1.82, 2.24) is 5.32 Å². The van der Waals surface area contributed by atoms with Crippen LogP contribution in [0.4, 0.5) is 0 Å². The van der Waals surface area contributed by atoms with E-state index in [1.54, 1.807) is 11.3 Å². The molecule has 1 saturated heterocycles. The first-order chi connectivity index (χ1) is 8.27. The fourth-order valence-electron chi connectivity index (χ4n) is 1.99. The summed E-state index contributed by atoms with van der Waals surface area (Å²) in [4.78, 5) is 13.0. The van der Waals surface area contributed by atoms with Crippen molar-refractivity contribution in [2.45, 2.75) is 25.4 Å². The highest BCUT2D eigenvalue weighted by Gasteiger charge is 2.26. The van der Waals surface area contributed by atoms with Crippen LogP contribution in [0.1, 0.15) is 17.7 Å². The molecule has 1 aromatic heterocycles. The zero-order chi connectivity index (χ0) is 12.1. The highest BCUT2D eigenvalue weighted by Crippen LogP contribution is 2.17. The van der Waals surface area contributed by atoms with Gasteiger partial charge >= 0.3 is 0 Å². The molecular formula is C12H18N2O2S. The molecule has 3 N–H and O–H groups in total. The Bertz CT molecular complexity index is 347. The predicted molar refractivity (Wildman–Crippen MR) is 67.7 cm³/mol. The second kappa shape index (κ2) is 6.14. The summed E-state index contributed by atoms with van der Waals surface area (Å²) in [7, 11) is 0. The first-order valence-corrected chi connectivity index (χ1v) is 6.79. The molecule has 1 unspecified atom stereocenters. The van der Waals surface area contributed by atoms with Crippen molar-refractivity contribution >= 4 is 17.2 Å². The second-order valence-corrected chi connectivity index (χ2v) is 5.30. The summed E-state index contributed by atoms with van der Waals surface area (Å²) in [6, 6.07) is 3.58. The number of carbonyl (C=O) groups is 1. The van der Waals surface area contributed by atoms with Crippen LogP contribution in [0.15, 0.2) is 17.5 Å². The Morgan fingerprint density at radius 2 is 2.35 bits per heavy atom. The van der Waals surface area contributed by atoms with Gasteiger partial charge in [-0.2, -0.15) is 0 Å². The minimum Gasteiger partial charge on any atom is -0.381 e. The topological polar surface area (TPSA) is 64.4 Å². The van der Waals surface area contributed by atoms with Gasteiger partial charge in [0.2, 0.25) is 5.91 Å². The lowest BCUT2D eigenvalue weighted by Gasteiger charge is -2.26. The molecule has 94 valence electrons. The molecule has 0 aromatic carbocycles. The molecule has 1 amide bonds. The third-order valence-corrected chi connectivity index (χ3v) is 3.97. The van der Waals surface area contributed by atoms with E-state index < -0.39 is 6.04 Å². The molecule has 1 aliphatic rings. The van der Waals surface area contributed by atoms with Crippen LogP contribution in [-0.2, 0) is 16.1 Å². The molecule has 1 aliphatic heterocycles. The number of ether oxygens (including phenoxy) is 1. The fourth-order valence-corrected chi connectivity index (χ4v) is 2.64. The van der Waals surface area contributed by atoms with Crippen LogP contribution in [0.5, 0.6) is 0 Å². The number of nitrogens with two attached hydrogens (primary N) is 1. The summed E-state index contributed by atoms with van der Waals surface area (Å²) in [5.74, 6) is 0.206. The molecule has 0 aliphatic carbocycles. The molecule has 0 spiro atoms. The third kappa shape index (κ3) is 3.52. The second-order valence-electron chi connectivity index (χ2n) is 4.27. The Hall–Kier alpha value is -0.910. The highest BCUT2D eigenvalue weighted by molar-refractivity contribution is 7.09. The highest BCUT2D eigenvalue weighted by atomic mass is 32.1. The van der Waals surface area contributed by atoms with Crippen molar-refractivity contribution in [3.8, 4) is 0 Å². The van der Waals surface area contributed by atoms with Crippen molar-refractivity contribution in [2.24, 2.45) is 11.7 Å². The van der Waals surface area contributed by atoms with Gasteiger partial charge in [0.05, 0.1) is 12.6 Å². The zero-order valence-electron chi connectivity index (χ0n) is 9.72. The summed E-state index contributed by atoms with van der Waals surface area (Å²) in [5, 5.41) is 4.89. The summed E-state index contributed by atoms with van der Waals surface area (Å²) < 4.78 is 5.26. The van der Waals surface area contributed by atoms with E-state index in [2.05, 4.69) is 5.32 Å². The van der Waals surface area contributed by atoms with E-state index >= 15 is 0 Å². The molecule has 5 heteroatoms. The lowest BCUT2D eigenvalue weighted by molar-refractivity contribution is -0.124. The SMILES string of the molecule is NC(C(=O)NCc1cccs1)C1CCOCC1. The Morgan fingerprint density at radius 3 is 3.00 bits per heavy atom. The van der Waals surface area contributed by atoms with Crippen LogP contribution >= 0.6 is 11.3 Å². The van der Waals surface area contributed by atoms with Gasteiger partial charge in [0.15, 0.2) is 0 Å². The Balaban J connectivity index is 1.78. The van der Waals surface area contributed by atoms with Gasteiger partial charge in [-0.05, 0) is 30.2 Å². The third-order valence-electron chi connectivity index (χ3n) is 3.09. The van der Waals surface area contributed by atoms with Crippen LogP contribution in [0.3, 0.4) is 0 Å². The number of hydrogen-bond donors (Lipinski definition) is 2. The van der Waals surface area contributed by atoms with E-state index in [0.717, 1.165) is 30.9 Å². The summed E-state index contributed by atoms with van der Waals surface area (Å²) in [5.41, 5.74) is 5.97. The fraction of sp³-hybridized carbons (Fsp3) is 0.583. The van der Waals surface area contributed by atoms with E-state index in [-0.39, 0.29) is 11.8 Å². The largest absolute Gasteiger partial charge is 0.381 e. The number of rotatable bonds is 4. The quantitative estimate of drug-likeness (QED) is 0.846. The molecular weight excluding hydrogens is 236 g/mol. The number of amides is 1. The molecule has 0 bridgehead atoms. The van der Waals surface area contributed by atoms with Gasteiger partial charge in [0.1, 0.15) is 0 Å². The minimum atomic E-state index is -0.404. The zero-order valence-corrected chi connectivity index (χ0v) is 10.5. The van der Waals surface area contributed by atoms with Gasteiger partial charge < -0.3 is 15.8 Å². The molecule has 2 heterocycles. The van der Waals surface area contributed by atoms with Gasteiger partial charge in [-0.3, -0.25) is 4.79 Å². The van der Waals surface area contributed by atoms with Gasteiger partial charge in [-0.25, -0.2) is 0 Å². The van der Waals surface area contributed by atoms with E-state index in [1.165, 1.54) is 0 Å². The van der Waals surface area contributed by atoms with E-state index in [9.17, 15) is 4.79 Å². The van der Waals surface area contributed by atoms with Crippen molar-refractivity contribution in [3.63, 3.8) is 0 Å². The standard InChI is InChI=1S/C12H18N2O2S/c13-11(9-3-5-16-6-4-9)12(15)14-8-10-2-1-7-17-10/h1-2,7,9,11H,3-6,8,13H2,(H,14,15). The molecule has 1 aromatic rings. The maximum atomic E-state index is 11.9. The summed E-state index contributed by atoms with van der Waals surface area (Å²) in [6.45, 7) is 2.01. The minimum absolute atomic E-state index is 0.0506. The van der Waals surface area contributed by atoms with Crippen molar-refractivity contribution < 1.29 is 9.53 Å². The van der Waals surface area contributed by atoms with Crippen LogP contribution in [0, 0.1) is 5.92 Å². The number of carbonyl (C=O) groups excluding carboxylic acids is 1. The summed E-state index contributed by atoms with van der Waals surface area (Å²) >= 11 is 1.64. The lowest BCUT2D eigenvalue weighted by Crippen LogP contribution is -2.46. The number of hydrogen-bond acceptors (Lipinski definition) is 4. The Kier molecular flexibility index (Phi) is 4.53. The molecule has 4 nitrogen and oxygen atoms in total. The molecule has 2 rings (SSSR count). The average Bonchev–Trinajstić information content (AvgIpc) is 2.89. The smallest absolute Gasteiger partial charge is 0.237 e. The number of nitrogens with one attached hydrogen (secondary N) is 1. The van der Waals surface area contributed by atoms with E-state index in [0.29, 0.717) is 6.54 Å². The Labute approximate surface area is 105 Å². The molecule has 0 saturated carbocycles. The summed E-state index contributed by atoms with van der Waals surface area (Å²) in [6.07, 6.45) is 1.77. The van der Waals surface area contributed by atoms with Crippen molar-refractivity contribution in [1.29, 1.82) is 0 Å². The van der Waals surface area contributed by atoms with E-state index in [1.807, 2.05) is 17.5 Å². The first-order valence-electron chi connectivity index (χ1n) is 5.91. The molecule has 0 radical (unpaired) electrons. The van der Waals surface area contributed by atoms with Crippen molar-refractivity contribution in [2.75, 3.05) is 13.2 Å². The lowest BCUT2D eigenvalue weighted by atomic mass is 9.92. The van der Waals surface area contributed by atoms with Crippen LogP contribution in [0.25, 0.3) is 0 Å². The normalized spacial score (nSPS) is 18.9. The monoisotopic (exact) mass is 254 g/mol. The van der Waals surface area contributed by atoms with E-state index in [4.69, 9.17) is 10.5 Å². The van der Waals surface area contributed by atoms with Gasteiger partial charge in [0, 0.05) is 18.1 Å². The molecule has 1 fully saturated rings. The van der Waals surface area contributed by atoms with Gasteiger partial charge in [-0.1, -0.05) is 6.07 Å². The average molecular weight is 254 g/mol. The molecule has 17 heavy (non-hydrogen) atoms. The van der Waals surface area contributed by atoms with Crippen LogP contribution < -0.4 is 11.1 Å². The van der Waals surface area contributed by atoms with Gasteiger partial charge in [-0.15, -0.1) is 11.3 Å². The van der Waals surface area contributed by atoms with Crippen molar-refractivity contribution in [3.05, 3.63) is 22.4 Å².